The molecule has 3 aromatic heterocycles. The second-order valence-electron chi connectivity index (χ2n) is 6.53. The van der Waals surface area contributed by atoms with E-state index >= 15 is 0 Å². The average molecular weight is 350 g/mol. The van der Waals surface area contributed by atoms with Crippen molar-refractivity contribution in [1.29, 1.82) is 0 Å². The molecule has 1 saturated heterocycles. The van der Waals surface area contributed by atoms with Crippen LogP contribution < -0.4 is 4.90 Å². The van der Waals surface area contributed by atoms with Gasteiger partial charge in [0.1, 0.15) is 11.6 Å². The fraction of sp³-hybridized carbons (Fsp3) is 0.350. The van der Waals surface area contributed by atoms with Crippen molar-refractivity contribution in [3.8, 4) is 11.4 Å². The van der Waals surface area contributed by atoms with Crippen LogP contribution in [-0.4, -0.2) is 34.2 Å². The third-order valence-electron chi connectivity index (χ3n) is 4.46. The van der Waals surface area contributed by atoms with Crippen molar-refractivity contribution in [2.24, 2.45) is 0 Å². The molecule has 134 valence electrons. The average Bonchev–Trinajstić information content (AvgIpc) is 3.35. The number of aryl methyl sites for hydroxylation is 1. The first-order valence-corrected chi connectivity index (χ1v) is 8.93. The number of pyridine rings is 1. The Kier molecular flexibility index (Phi) is 4.93. The Morgan fingerprint density at radius 1 is 1.23 bits per heavy atom. The topological polar surface area (TPSA) is 64.3 Å². The van der Waals surface area contributed by atoms with Gasteiger partial charge in [0, 0.05) is 42.9 Å². The molecule has 1 aliphatic heterocycles. The molecule has 0 aromatic carbocycles. The van der Waals surface area contributed by atoms with E-state index in [0.717, 1.165) is 48.8 Å². The quantitative estimate of drug-likeness (QED) is 0.676. The van der Waals surface area contributed by atoms with E-state index in [2.05, 4.69) is 14.9 Å². The summed E-state index contributed by atoms with van der Waals surface area (Å²) >= 11 is 0. The molecular weight excluding hydrogens is 328 g/mol. The van der Waals surface area contributed by atoms with Crippen molar-refractivity contribution in [1.82, 2.24) is 15.0 Å². The largest absolute Gasteiger partial charge is 0.467 e. The zero-order valence-electron chi connectivity index (χ0n) is 14.8. The van der Waals surface area contributed by atoms with Crippen LogP contribution >= 0.6 is 0 Å². The standard InChI is InChI=1S/C20H22N4O2/c1-15-11-19(23-20(22-15)16-5-2-8-21-12-16)24(13-17-6-3-9-25-17)14-18-7-4-10-26-18/h2-3,5-6,8-9,11-12,18H,4,7,10,13-14H2,1H3/t18-/m0/s1. The van der Waals surface area contributed by atoms with Crippen LogP contribution in [0.3, 0.4) is 0 Å². The molecule has 0 N–H and O–H groups in total. The van der Waals surface area contributed by atoms with Crippen molar-refractivity contribution in [3.05, 3.63) is 60.4 Å². The lowest BCUT2D eigenvalue weighted by molar-refractivity contribution is 0.115. The van der Waals surface area contributed by atoms with Crippen LogP contribution in [0.15, 0.2) is 53.4 Å². The Balaban J connectivity index is 1.66. The minimum absolute atomic E-state index is 0.224. The summed E-state index contributed by atoms with van der Waals surface area (Å²) < 4.78 is 11.4. The molecule has 6 heteroatoms. The maximum atomic E-state index is 5.84. The van der Waals surface area contributed by atoms with Gasteiger partial charge in [-0.25, -0.2) is 9.97 Å². The molecule has 4 rings (SSSR count). The molecule has 0 amide bonds. The van der Waals surface area contributed by atoms with Gasteiger partial charge in [0.05, 0.1) is 18.9 Å². The molecule has 1 aliphatic rings. The van der Waals surface area contributed by atoms with Crippen LogP contribution in [0, 0.1) is 6.92 Å². The molecule has 0 unspecified atom stereocenters. The zero-order chi connectivity index (χ0) is 17.8. The lowest BCUT2D eigenvalue weighted by Gasteiger charge is -2.26. The van der Waals surface area contributed by atoms with Crippen LogP contribution in [0.5, 0.6) is 0 Å². The molecule has 26 heavy (non-hydrogen) atoms. The van der Waals surface area contributed by atoms with E-state index in [9.17, 15) is 0 Å². The third kappa shape index (κ3) is 3.91. The van der Waals surface area contributed by atoms with E-state index in [-0.39, 0.29) is 6.10 Å². The first kappa shape index (κ1) is 16.7. The van der Waals surface area contributed by atoms with Gasteiger partial charge in [-0.1, -0.05) is 0 Å². The molecule has 0 aliphatic carbocycles. The zero-order valence-corrected chi connectivity index (χ0v) is 14.8. The van der Waals surface area contributed by atoms with Crippen molar-refractivity contribution in [2.45, 2.75) is 32.4 Å². The number of anilines is 1. The highest BCUT2D eigenvalue weighted by Gasteiger charge is 2.22. The summed E-state index contributed by atoms with van der Waals surface area (Å²) in [6.45, 7) is 4.25. The molecule has 3 aromatic rings. The number of rotatable bonds is 6. The molecule has 0 spiro atoms. The number of nitrogens with zero attached hydrogens (tertiary/aromatic N) is 4. The van der Waals surface area contributed by atoms with Crippen molar-refractivity contribution in [2.75, 3.05) is 18.1 Å². The summed E-state index contributed by atoms with van der Waals surface area (Å²) in [7, 11) is 0. The molecule has 1 atom stereocenters. The van der Waals surface area contributed by atoms with Gasteiger partial charge in [-0.15, -0.1) is 0 Å². The third-order valence-corrected chi connectivity index (χ3v) is 4.46. The van der Waals surface area contributed by atoms with Gasteiger partial charge in [-0.2, -0.15) is 0 Å². The van der Waals surface area contributed by atoms with Crippen LogP contribution in [0.25, 0.3) is 11.4 Å². The van der Waals surface area contributed by atoms with Gasteiger partial charge in [0.15, 0.2) is 5.82 Å². The van der Waals surface area contributed by atoms with Crippen molar-refractivity contribution in [3.63, 3.8) is 0 Å². The summed E-state index contributed by atoms with van der Waals surface area (Å²) in [4.78, 5) is 15.8. The first-order valence-electron chi connectivity index (χ1n) is 8.93. The van der Waals surface area contributed by atoms with E-state index < -0.39 is 0 Å². The summed E-state index contributed by atoms with van der Waals surface area (Å²) in [6.07, 6.45) is 7.65. The predicted octanol–water partition coefficient (Wildman–Crippen LogP) is 3.63. The number of furan rings is 1. The lowest BCUT2D eigenvalue weighted by Crippen LogP contribution is -2.32. The maximum Gasteiger partial charge on any atom is 0.163 e. The van der Waals surface area contributed by atoms with E-state index in [4.69, 9.17) is 14.1 Å². The highest BCUT2D eigenvalue weighted by Crippen LogP contribution is 2.23. The minimum Gasteiger partial charge on any atom is -0.467 e. The van der Waals surface area contributed by atoms with Gasteiger partial charge in [-0.05, 0) is 44.0 Å². The second kappa shape index (κ2) is 7.66. The number of hydrogen-bond acceptors (Lipinski definition) is 6. The predicted molar refractivity (Wildman–Crippen MR) is 98.7 cm³/mol. The highest BCUT2D eigenvalue weighted by atomic mass is 16.5. The number of ether oxygens (including phenoxy) is 1. The molecule has 6 nitrogen and oxygen atoms in total. The van der Waals surface area contributed by atoms with E-state index in [1.54, 1.807) is 18.7 Å². The maximum absolute atomic E-state index is 5.84. The summed E-state index contributed by atoms with van der Waals surface area (Å²) in [5.74, 6) is 2.47. The molecule has 4 heterocycles. The number of aromatic nitrogens is 3. The number of hydrogen-bond donors (Lipinski definition) is 0. The molecule has 0 bridgehead atoms. The van der Waals surface area contributed by atoms with Gasteiger partial charge in [-0.3, -0.25) is 4.98 Å². The van der Waals surface area contributed by atoms with E-state index in [1.165, 1.54) is 0 Å². The summed E-state index contributed by atoms with van der Waals surface area (Å²) in [5, 5.41) is 0. The fourth-order valence-corrected chi connectivity index (χ4v) is 3.20. The fourth-order valence-electron chi connectivity index (χ4n) is 3.20. The van der Waals surface area contributed by atoms with Gasteiger partial charge >= 0.3 is 0 Å². The minimum atomic E-state index is 0.224. The highest BCUT2D eigenvalue weighted by molar-refractivity contribution is 5.56. The van der Waals surface area contributed by atoms with Gasteiger partial charge < -0.3 is 14.1 Å². The Morgan fingerprint density at radius 3 is 2.92 bits per heavy atom. The lowest BCUT2D eigenvalue weighted by atomic mass is 10.2. The van der Waals surface area contributed by atoms with Crippen molar-refractivity contribution >= 4 is 5.82 Å². The van der Waals surface area contributed by atoms with Gasteiger partial charge in [0.25, 0.3) is 0 Å². The molecule has 0 saturated carbocycles. The van der Waals surface area contributed by atoms with Crippen LogP contribution in [-0.2, 0) is 11.3 Å². The van der Waals surface area contributed by atoms with Gasteiger partial charge in [0.2, 0.25) is 0 Å². The first-order chi connectivity index (χ1) is 12.8. The summed E-state index contributed by atoms with van der Waals surface area (Å²) in [5.41, 5.74) is 1.83. The summed E-state index contributed by atoms with van der Waals surface area (Å²) in [6, 6.07) is 9.78. The smallest absolute Gasteiger partial charge is 0.163 e. The second-order valence-corrected chi connectivity index (χ2v) is 6.53. The Morgan fingerprint density at radius 2 is 2.19 bits per heavy atom. The van der Waals surface area contributed by atoms with Crippen LogP contribution in [0.4, 0.5) is 5.82 Å². The Bertz CT molecular complexity index is 830. The molecule has 0 radical (unpaired) electrons. The Hall–Kier alpha value is -2.73. The van der Waals surface area contributed by atoms with Crippen LogP contribution in [0.1, 0.15) is 24.3 Å². The Labute approximate surface area is 152 Å². The van der Waals surface area contributed by atoms with Crippen molar-refractivity contribution < 1.29 is 9.15 Å². The molecule has 1 fully saturated rings. The normalized spacial score (nSPS) is 16.7. The van der Waals surface area contributed by atoms with E-state index in [0.29, 0.717) is 12.4 Å². The van der Waals surface area contributed by atoms with E-state index in [1.807, 2.05) is 37.3 Å². The SMILES string of the molecule is Cc1cc(N(Cc2ccco2)C[C@@H]2CCCO2)nc(-c2cccnc2)n1. The monoisotopic (exact) mass is 350 g/mol. The molecular formula is C20H22N4O2. The van der Waals surface area contributed by atoms with Crippen LogP contribution in [0.2, 0.25) is 0 Å².